The number of amides is 1. The smallest absolute Gasteiger partial charge is 0.258 e. The topological polar surface area (TPSA) is 38.3 Å². The number of carbonyl (C=O) groups excluding carboxylic acids is 1. The maximum absolute atomic E-state index is 13.6. The summed E-state index contributed by atoms with van der Waals surface area (Å²) in [5.41, 5.74) is 0.529. The van der Waals surface area contributed by atoms with Crippen LogP contribution in [0.15, 0.2) is 48.5 Å². The van der Waals surface area contributed by atoms with Gasteiger partial charge in [-0.3, -0.25) is 4.79 Å². The van der Waals surface area contributed by atoms with E-state index >= 15 is 0 Å². The van der Waals surface area contributed by atoms with Gasteiger partial charge >= 0.3 is 0 Å². The van der Waals surface area contributed by atoms with Gasteiger partial charge in [-0.2, -0.15) is 0 Å². The summed E-state index contributed by atoms with van der Waals surface area (Å²) in [5.74, 6) is -0.484. The molecule has 0 saturated carbocycles. The Kier molecular flexibility index (Phi) is 4.35. The van der Waals surface area contributed by atoms with Crippen LogP contribution in [0.5, 0.6) is 5.75 Å². The second-order valence-corrected chi connectivity index (χ2v) is 4.60. The van der Waals surface area contributed by atoms with Crippen LogP contribution in [0.4, 0.5) is 10.1 Å². The lowest BCUT2D eigenvalue weighted by Gasteiger charge is -2.14. The van der Waals surface area contributed by atoms with E-state index in [1.54, 1.807) is 30.3 Å². The summed E-state index contributed by atoms with van der Waals surface area (Å²) >= 11 is 0. The van der Waals surface area contributed by atoms with Crippen LogP contribution in [-0.4, -0.2) is 12.0 Å². The van der Waals surface area contributed by atoms with Gasteiger partial charge in [0.2, 0.25) is 0 Å². The van der Waals surface area contributed by atoms with E-state index in [2.05, 4.69) is 5.32 Å². The number of rotatable bonds is 4. The molecular formula is C16H16FNO2. The molecule has 0 atom stereocenters. The largest absolute Gasteiger partial charge is 0.489 e. The molecule has 0 bridgehead atoms. The number of carbonyl (C=O) groups is 1. The molecule has 0 unspecified atom stereocenters. The second kappa shape index (κ2) is 6.19. The molecule has 0 fully saturated rings. The molecule has 0 heterocycles. The average Bonchev–Trinajstić information content (AvgIpc) is 2.41. The quantitative estimate of drug-likeness (QED) is 0.918. The van der Waals surface area contributed by atoms with Crippen molar-refractivity contribution in [2.24, 2.45) is 0 Å². The Bertz CT molecular complexity index is 611. The molecule has 0 aliphatic carbocycles. The van der Waals surface area contributed by atoms with Crippen molar-refractivity contribution in [1.29, 1.82) is 0 Å². The van der Waals surface area contributed by atoms with Crippen LogP contribution >= 0.6 is 0 Å². The van der Waals surface area contributed by atoms with Crippen LogP contribution in [0.2, 0.25) is 0 Å². The molecule has 4 heteroatoms. The third kappa shape index (κ3) is 3.35. The van der Waals surface area contributed by atoms with Crippen molar-refractivity contribution >= 4 is 11.6 Å². The summed E-state index contributed by atoms with van der Waals surface area (Å²) in [6.45, 7) is 3.80. The van der Waals surface area contributed by atoms with E-state index < -0.39 is 11.7 Å². The van der Waals surface area contributed by atoms with E-state index in [1.807, 2.05) is 19.9 Å². The maximum Gasteiger partial charge on any atom is 0.258 e. The number of nitrogens with one attached hydrogen (secondary N) is 1. The van der Waals surface area contributed by atoms with Crippen LogP contribution in [0.1, 0.15) is 24.2 Å². The fraction of sp³-hybridized carbons (Fsp3) is 0.188. The van der Waals surface area contributed by atoms with Crippen LogP contribution in [0.3, 0.4) is 0 Å². The Hall–Kier alpha value is -2.36. The minimum Gasteiger partial charge on any atom is -0.489 e. The molecule has 0 saturated heterocycles. The molecule has 0 aliphatic rings. The molecule has 3 nitrogen and oxygen atoms in total. The lowest BCUT2D eigenvalue weighted by atomic mass is 10.2. The molecule has 2 aromatic carbocycles. The van der Waals surface area contributed by atoms with Crippen LogP contribution in [0.25, 0.3) is 0 Å². The first-order chi connectivity index (χ1) is 9.58. The van der Waals surface area contributed by atoms with E-state index in [0.717, 1.165) is 0 Å². The van der Waals surface area contributed by atoms with Crippen LogP contribution in [-0.2, 0) is 0 Å². The van der Waals surface area contributed by atoms with Crippen molar-refractivity contribution in [1.82, 2.24) is 0 Å². The number of para-hydroxylation sites is 2. The fourth-order valence-electron chi connectivity index (χ4n) is 1.76. The maximum atomic E-state index is 13.6. The highest BCUT2D eigenvalue weighted by Gasteiger charge is 2.13. The van der Waals surface area contributed by atoms with Crippen molar-refractivity contribution < 1.29 is 13.9 Å². The van der Waals surface area contributed by atoms with Crippen molar-refractivity contribution in [3.05, 3.63) is 59.9 Å². The van der Waals surface area contributed by atoms with Gasteiger partial charge < -0.3 is 10.1 Å². The highest BCUT2D eigenvalue weighted by molar-refractivity contribution is 6.05. The Labute approximate surface area is 117 Å². The number of halogens is 1. The van der Waals surface area contributed by atoms with E-state index in [-0.39, 0.29) is 11.7 Å². The van der Waals surface area contributed by atoms with E-state index in [0.29, 0.717) is 11.4 Å². The number of hydrogen-bond acceptors (Lipinski definition) is 2. The third-order valence-electron chi connectivity index (χ3n) is 2.62. The number of hydrogen-bond donors (Lipinski definition) is 1. The Morgan fingerprint density at radius 3 is 2.45 bits per heavy atom. The van der Waals surface area contributed by atoms with Gasteiger partial charge in [-0.25, -0.2) is 4.39 Å². The van der Waals surface area contributed by atoms with Crippen LogP contribution < -0.4 is 10.1 Å². The first-order valence-corrected chi connectivity index (χ1v) is 6.39. The molecular weight excluding hydrogens is 257 g/mol. The van der Waals surface area contributed by atoms with Crippen molar-refractivity contribution in [3.63, 3.8) is 0 Å². The molecule has 0 aliphatic heterocycles. The summed E-state index contributed by atoms with van der Waals surface area (Å²) in [7, 11) is 0. The van der Waals surface area contributed by atoms with Gasteiger partial charge in [0.05, 0.1) is 17.4 Å². The molecule has 2 rings (SSSR count). The summed E-state index contributed by atoms with van der Waals surface area (Å²) in [5, 5.41) is 2.67. The summed E-state index contributed by atoms with van der Waals surface area (Å²) in [4.78, 5) is 12.1. The second-order valence-electron chi connectivity index (χ2n) is 4.60. The third-order valence-corrected chi connectivity index (χ3v) is 2.62. The first-order valence-electron chi connectivity index (χ1n) is 6.39. The van der Waals surface area contributed by atoms with Gasteiger partial charge in [-0.05, 0) is 38.1 Å². The molecule has 20 heavy (non-hydrogen) atoms. The van der Waals surface area contributed by atoms with Crippen molar-refractivity contribution in [3.8, 4) is 5.75 Å². The minimum absolute atomic E-state index is 0.00634. The molecule has 0 radical (unpaired) electrons. The Morgan fingerprint density at radius 1 is 1.10 bits per heavy atom. The van der Waals surface area contributed by atoms with Gasteiger partial charge in [-0.1, -0.05) is 24.3 Å². The van der Waals surface area contributed by atoms with Gasteiger partial charge in [0.15, 0.2) is 0 Å². The molecule has 0 aromatic heterocycles. The predicted molar refractivity (Wildman–Crippen MR) is 76.6 cm³/mol. The van der Waals surface area contributed by atoms with Gasteiger partial charge in [0.1, 0.15) is 11.6 Å². The van der Waals surface area contributed by atoms with E-state index in [1.165, 1.54) is 12.1 Å². The van der Waals surface area contributed by atoms with Gasteiger partial charge in [0, 0.05) is 0 Å². The van der Waals surface area contributed by atoms with E-state index in [9.17, 15) is 9.18 Å². The zero-order valence-electron chi connectivity index (χ0n) is 11.4. The summed E-state index contributed by atoms with van der Waals surface area (Å²) < 4.78 is 19.2. The van der Waals surface area contributed by atoms with E-state index in [4.69, 9.17) is 4.74 Å². The lowest BCUT2D eigenvalue weighted by molar-refractivity contribution is 0.102. The lowest BCUT2D eigenvalue weighted by Crippen LogP contribution is -2.15. The van der Waals surface area contributed by atoms with Crippen molar-refractivity contribution in [2.45, 2.75) is 20.0 Å². The zero-order chi connectivity index (χ0) is 14.5. The summed E-state index contributed by atoms with van der Waals surface area (Å²) in [6, 6.07) is 12.9. The van der Waals surface area contributed by atoms with Gasteiger partial charge in [-0.15, -0.1) is 0 Å². The monoisotopic (exact) mass is 273 g/mol. The molecule has 0 spiro atoms. The standard InChI is InChI=1S/C16H16FNO2/c1-11(2)20-15-10-6-5-9-14(15)18-16(19)12-7-3-4-8-13(12)17/h3-11H,1-2H3,(H,18,19). The van der Waals surface area contributed by atoms with Crippen molar-refractivity contribution in [2.75, 3.05) is 5.32 Å². The molecule has 1 N–H and O–H groups in total. The Balaban J connectivity index is 2.22. The van der Waals surface area contributed by atoms with Gasteiger partial charge in [0.25, 0.3) is 5.91 Å². The molecule has 104 valence electrons. The average molecular weight is 273 g/mol. The summed E-state index contributed by atoms with van der Waals surface area (Å²) in [6.07, 6.45) is -0.0125. The highest BCUT2D eigenvalue weighted by atomic mass is 19.1. The number of anilines is 1. The SMILES string of the molecule is CC(C)Oc1ccccc1NC(=O)c1ccccc1F. The van der Waals surface area contributed by atoms with Crippen LogP contribution in [0, 0.1) is 5.82 Å². The highest BCUT2D eigenvalue weighted by Crippen LogP contribution is 2.25. The minimum atomic E-state index is -0.549. The fourth-order valence-corrected chi connectivity index (χ4v) is 1.76. The molecule has 1 amide bonds. The Morgan fingerprint density at radius 2 is 1.75 bits per heavy atom. The predicted octanol–water partition coefficient (Wildman–Crippen LogP) is 3.87. The normalized spacial score (nSPS) is 10.4. The number of benzene rings is 2. The zero-order valence-corrected chi connectivity index (χ0v) is 11.4. The number of ether oxygens (including phenoxy) is 1. The molecule has 2 aromatic rings. The first kappa shape index (κ1) is 14.1.